The first-order chi connectivity index (χ1) is 12.0. The number of aliphatic hydroxyl groups is 1. The van der Waals surface area contributed by atoms with E-state index in [-0.39, 0.29) is 30.4 Å². The number of hydrogen-bond acceptors (Lipinski definition) is 4. The number of H-pyrrole nitrogens is 1. The molecule has 7 nitrogen and oxygen atoms in total. The van der Waals surface area contributed by atoms with Crippen molar-refractivity contribution in [1.82, 2.24) is 20.4 Å². The smallest absolute Gasteiger partial charge is 0.271 e. The Morgan fingerprint density at radius 3 is 2.80 bits per heavy atom. The van der Waals surface area contributed by atoms with Gasteiger partial charge >= 0.3 is 0 Å². The second-order valence-corrected chi connectivity index (χ2v) is 6.44. The molecule has 7 heteroatoms. The van der Waals surface area contributed by atoms with Crippen LogP contribution >= 0.6 is 0 Å². The molecular formula is C18H22N4O3. The van der Waals surface area contributed by atoms with Gasteiger partial charge in [0, 0.05) is 38.1 Å². The first-order valence-corrected chi connectivity index (χ1v) is 8.28. The van der Waals surface area contributed by atoms with Crippen LogP contribution < -0.4 is 5.32 Å². The minimum atomic E-state index is -0.231. The molecular weight excluding hydrogens is 320 g/mol. The van der Waals surface area contributed by atoms with Gasteiger partial charge in [-0.15, -0.1) is 0 Å². The van der Waals surface area contributed by atoms with Crippen molar-refractivity contribution in [2.24, 2.45) is 5.92 Å². The summed E-state index contributed by atoms with van der Waals surface area (Å²) in [5.41, 5.74) is 3.18. The number of aliphatic hydroxyl groups excluding tert-OH is 1. The van der Waals surface area contributed by atoms with Crippen molar-refractivity contribution in [2.45, 2.75) is 19.9 Å². The third-order valence-corrected chi connectivity index (χ3v) is 4.58. The molecule has 1 fully saturated rings. The fraction of sp³-hybridized carbons (Fsp3) is 0.389. The molecule has 2 amide bonds. The highest BCUT2D eigenvalue weighted by atomic mass is 16.3. The van der Waals surface area contributed by atoms with Crippen molar-refractivity contribution in [2.75, 3.05) is 19.7 Å². The number of aromatic nitrogens is 2. The van der Waals surface area contributed by atoms with Crippen molar-refractivity contribution < 1.29 is 14.7 Å². The van der Waals surface area contributed by atoms with Gasteiger partial charge in [0.2, 0.25) is 5.91 Å². The number of rotatable bonds is 4. The van der Waals surface area contributed by atoms with Gasteiger partial charge in [0.25, 0.3) is 5.91 Å². The van der Waals surface area contributed by atoms with E-state index in [4.69, 9.17) is 0 Å². The average Bonchev–Trinajstić information content (AvgIpc) is 3.21. The number of aromatic amines is 1. The number of amides is 2. The lowest BCUT2D eigenvalue weighted by Crippen LogP contribution is -2.40. The van der Waals surface area contributed by atoms with Crippen LogP contribution in [0.2, 0.25) is 0 Å². The van der Waals surface area contributed by atoms with Gasteiger partial charge in [-0.2, -0.15) is 5.10 Å². The molecule has 0 unspecified atom stereocenters. The first kappa shape index (κ1) is 17.2. The number of benzene rings is 1. The standard InChI is InChI=1S/C18H22N4O3/c1-11-5-3-4-6-14(11)15-7-16(21-20-15)18(25)22-8-13(10-23)17(9-22)19-12(2)24/h3-7,13,17,23H,8-10H2,1-2H3,(H,19,24)(H,20,21)/t13-,17+/m0/s1. The van der Waals surface area contributed by atoms with Gasteiger partial charge in [-0.05, 0) is 18.6 Å². The van der Waals surface area contributed by atoms with E-state index in [1.165, 1.54) is 6.92 Å². The van der Waals surface area contributed by atoms with Crippen molar-refractivity contribution in [3.05, 3.63) is 41.6 Å². The van der Waals surface area contributed by atoms with E-state index in [0.29, 0.717) is 18.8 Å². The zero-order chi connectivity index (χ0) is 18.0. The lowest BCUT2D eigenvalue weighted by Gasteiger charge is -2.16. The number of carbonyl (C=O) groups excluding carboxylic acids is 2. The van der Waals surface area contributed by atoms with Gasteiger partial charge in [0.05, 0.1) is 11.7 Å². The summed E-state index contributed by atoms with van der Waals surface area (Å²) < 4.78 is 0. The van der Waals surface area contributed by atoms with Crippen LogP contribution in [0.3, 0.4) is 0 Å². The monoisotopic (exact) mass is 342 g/mol. The highest BCUT2D eigenvalue weighted by molar-refractivity contribution is 5.93. The van der Waals surface area contributed by atoms with Gasteiger partial charge in [0.1, 0.15) is 5.69 Å². The maximum absolute atomic E-state index is 12.7. The fourth-order valence-electron chi connectivity index (χ4n) is 3.25. The van der Waals surface area contributed by atoms with Crippen molar-refractivity contribution in [1.29, 1.82) is 0 Å². The highest BCUT2D eigenvalue weighted by Crippen LogP contribution is 2.23. The van der Waals surface area contributed by atoms with E-state index in [1.54, 1.807) is 11.0 Å². The molecule has 0 bridgehead atoms. The Bertz CT molecular complexity index is 786. The van der Waals surface area contributed by atoms with E-state index < -0.39 is 0 Å². The summed E-state index contributed by atoms with van der Waals surface area (Å²) in [7, 11) is 0. The molecule has 1 aliphatic heterocycles. The SMILES string of the molecule is CC(=O)N[C@@H]1CN(C(=O)c2cc(-c3ccccc3C)n[nH]2)C[C@H]1CO. The Labute approximate surface area is 146 Å². The number of nitrogens with one attached hydrogen (secondary N) is 2. The molecule has 1 saturated heterocycles. The zero-order valence-electron chi connectivity index (χ0n) is 14.3. The van der Waals surface area contributed by atoms with E-state index in [9.17, 15) is 14.7 Å². The molecule has 1 aromatic carbocycles. The van der Waals surface area contributed by atoms with Crippen LogP contribution in [0.4, 0.5) is 0 Å². The molecule has 2 atom stereocenters. The van der Waals surface area contributed by atoms with Gasteiger partial charge < -0.3 is 15.3 Å². The molecule has 1 aliphatic rings. The molecule has 1 aromatic heterocycles. The molecule has 0 radical (unpaired) electrons. The van der Waals surface area contributed by atoms with Crippen LogP contribution in [-0.4, -0.2) is 57.8 Å². The predicted molar refractivity (Wildman–Crippen MR) is 92.8 cm³/mol. The molecule has 132 valence electrons. The predicted octanol–water partition coefficient (Wildman–Crippen LogP) is 0.954. The first-order valence-electron chi connectivity index (χ1n) is 8.28. The summed E-state index contributed by atoms with van der Waals surface area (Å²) in [6.45, 7) is 4.13. The van der Waals surface area contributed by atoms with Gasteiger partial charge in [0.15, 0.2) is 0 Å². The molecule has 0 saturated carbocycles. The number of nitrogens with zero attached hydrogens (tertiary/aromatic N) is 2. The normalized spacial score (nSPS) is 19.9. The largest absolute Gasteiger partial charge is 0.396 e. The third-order valence-electron chi connectivity index (χ3n) is 4.58. The summed E-state index contributed by atoms with van der Waals surface area (Å²) >= 11 is 0. The molecule has 2 aromatic rings. The topological polar surface area (TPSA) is 98.3 Å². The van der Waals surface area contributed by atoms with Crippen LogP contribution in [0.25, 0.3) is 11.3 Å². The Kier molecular flexibility index (Phi) is 4.85. The average molecular weight is 342 g/mol. The maximum Gasteiger partial charge on any atom is 0.271 e. The molecule has 3 rings (SSSR count). The second-order valence-electron chi connectivity index (χ2n) is 6.44. The minimum absolute atomic E-state index is 0.0772. The van der Waals surface area contributed by atoms with E-state index in [1.807, 2.05) is 31.2 Å². The molecule has 2 heterocycles. The van der Waals surface area contributed by atoms with E-state index >= 15 is 0 Å². The lowest BCUT2D eigenvalue weighted by atomic mass is 10.1. The van der Waals surface area contributed by atoms with Crippen molar-refractivity contribution >= 4 is 11.8 Å². The Morgan fingerprint density at radius 2 is 2.12 bits per heavy atom. The molecule has 0 spiro atoms. The van der Waals surface area contributed by atoms with Crippen LogP contribution in [0.1, 0.15) is 23.0 Å². The Balaban J connectivity index is 1.76. The Hall–Kier alpha value is -2.67. The fourth-order valence-corrected chi connectivity index (χ4v) is 3.25. The van der Waals surface area contributed by atoms with E-state index in [0.717, 1.165) is 16.8 Å². The van der Waals surface area contributed by atoms with Crippen LogP contribution in [0, 0.1) is 12.8 Å². The Morgan fingerprint density at radius 1 is 1.36 bits per heavy atom. The van der Waals surface area contributed by atoms with Gasteiger partial charge in [-0.3, -0.25) is 14.7 Å². The second kappa shape index (κ2) is 7.06. The highest BCUT2D eigenvalue weighted by Gasteiger charge is 2.36. The van der Waals surface area contributed by atoms with Gasteiger partial charge in [-0.25, -0.2) is 0 Å². The summed E-state index contributed by atoms with van der Waals surface area (Å²) in [5, 5.41) is 19.4. The van der Waals surface area contributed by atoms with Crippen LogP contribution in [-0.2, 0) is 4.79 Å². The zero-order valence-corrected chi connectivity index (χ0v) is 14.3. The summed E-state index contributed by atoms with van der Waals surface area (Å²) in [5.74, 6) is -0.508. The molecule has 0 aliphatic carbocycles. The van der Waals surface area contributed by atoms with Crippen molar-refractivity contribution in [3.8, 4) is 11.3 Å². The van der Waals surface area contributed by atoms with Crippen LogP contribution in [0.5, 0.6) is 0 Å². The summed E-state index contributed by atoms with van der Waals surface area (Å²) in [4.78, 5) is 25.7. The minimum Gasteiger partial charge on any atom is -0.396 e. The molecule has 3 N–H and O–H groups in total. The van der Waals surface area contributed by atoms with Crippen LogP contribution in [0.15, 0.2) is 30.3 Å². The number of carbonyl (C=O) groups is 2. The van der Waals surface area contributed by atoms with Gasteiger partial charge in [-0.1, -0.05) is 24.3 Å². The van der Waals surface area contributed by atoms with Crippen molar-refractivity contribution in [3.63, 3.8) is 0 Å². The summed E-state index contributed by atoms with van der Waals surface area (Å²) in [6.07, 6.45) is 0. The summed E-state index contributed by atoms with van der Waals surface area (Å²) in [6, 6.07) is 9.36. The lowest BCUT2D eigenvalue weighted by molar-refractivity contribution is -0.119. The maximum atomic E-state index is 12.7. The van der Waals surface area contributed by atoms with E-state index in [2.05, 4.69) is 15.5 Å². The molecule has 25 heavy (non-hydrogen) atoms. The number of aryl methyl sites for hydroxylation is 1. The quantitative estimate of drug-likeness (QED) is 0.770. The number of hydrogen-bond donors (Lipinski definition) is 3. The third kappa shape index (κ3) is 3.56. The number of likely N-dealkylation sites (tertiary alicyclic amines) is 1.